The highest BCUT2D eigenvalue weighted by molar-refractivity contribution is 5.76. The Labute approximate surface area is 330 Å². The lowest BCUT2D eigenvalue weighted by Crippen LogP contribution is -2.45. The number of nitrogens with one attached hydrogen (secondary N) is 1. The maximum Gasteiger partial charge on any atom is 0.220 e. The Morgan fingerprint density at radius 3 is 1.25 bits per heavy atom. The summed E-state index contributed by atoms with van der Waals surface area (Å²) in [5.74, 6) is -0.0687. The van der Waals surface area contributed by atoms with Crippen molar-refractivity contribution in [2.24, 2.45) is 0 Å². The van der Waals surface area contributed by atoms with Crippen LogP contribution in [0.3, 0.4) is 0 Å². The van der Waals surface area contributed by atoms with E-state index < -0.39 is 12.1 Å². The van der Waals surface area contributed by atoms with Crippen molar-refractivity contribution in [1.82, 2.24) is 5.32 Å². The second kappa shape index (κ2) is 44.5. The Bertz CT molecular complexity index is 888. The standard InChI is InChI=1S/C49H89NO3/c1-3-5-7-9-11-12-13-14-15-16-17-18-19-20-21-22-23-24-25-26-27-28-29-30-31-32-33-34-35-36-37-38-39-41-43-45-49(53)50-47(46-51)48(52)44-42-40-10-8-6-4-2/h5,7,11-12,14-15,17-18,42,44,47-48,51-52H,3-4,6,8-10,13,16,19-41,43,45-46H2,1-2H3,(H,50,53)/b7-5-,12-11-,15-14-,18-17-,44-42+. The van der Waals surface area contributed by atoms with E-state index in [0.717, 1.165) is 51.4 Å². The van der Waals surface area contributed by atoms with E-state index in [2.05, 4.69) is 67.8 Å². The van der Waals surface area contributed by atoms with Gasteiger partial charge in [0.05, 0.1) is 18.8 Å². The summed E-state index contributed by atoms with van der Waals surface area (Å²) in [5, 5.41) is 22.7. The molecule has 0 saturated heterocycles. The number of hydrogen-bond donors (Lipinski definition) is 3. The van der Waals surface area contributed by atoms with Crippen molar-refractivity contribution >= 4 is 5.91 Å². The van der Waals surface area contributed by atoms with Crippen LogP contribution in [0.1, 0.15) is 226 Å². The number of hydrogen-bond acceptors (Lipinski definition) is 3. The van der Waals surface area contributed by atoms with E-state index in [1.54, 1.807) is 6.08 Å². The summed E-state index contributed by atoms with van der Waals surface area (Å²) in [4.78, 5) is 12.3. The van der Waals surface area contributed by atoms with Gasteiger partial charge in [0, 0.05) is 6.42 Å². The second-order valence-corrected chi connectivity index (χ2v) is 15.4. The molecule has 0 aromatic rings. The first-order valence-electron chi connectivity index (χ1n) is 23.0. The first-order valence-corrected chi connectivity index (χ1v) is 23.0. The minimum absolute atomic E-state index is 0.0687. The van der Waals surface area contributed by atoms with Gasteiger partial charge in [0.1, 0.15) is 0 Å². The molecule has 0 fully saturated rings. The molecule has 53 heavy (non-hydrogen) atoms. The highest BCUT2D eigenvalue weighted by atomic mass is 16.3. The van der Waals surface area contributed by atoms with E-state index in [1.165, 1.54) is 154 Å². The lowest BCUT2D eigenvalue weighted by Gasteiger charge is -2.20. The average molecular weight is 740 g/mol. The Balaban J connectivity index is 3.37. The van der Waals surface area contributed by atoms with E-state index in [4.69, 9.17) is 0 Å². The Hall–Kier alpha value is -1.91. The molecule has 308 valence electrons. The molecular weight excluding hydrogens is 651 g/mol. The van der Waals surface area contributed by atoms with Gasteiger partial charge in [-0.15, -0.1) is 0 Å². The Morgan fingerprint density at radius 1 is 0.472 bits per heavy atom. The summed E-state index contributed by atoms with van der Waals surface area (Å²) in [6.45, 7) is 4.12. The number of allylic oxidation sites excluding steroid dienone is 9. The average Bonchev–Trinajstić information content (AvgIpc) is 3.16. The smallest absolute Gasteiger partial charge is 0.220 e. The lowest BCUT2D eigenvalue weighted by atomic mass is 10.0. The van der Waals surface area contributed by atoms with E-state index in [0.29, 0.717) is 6.42 Å². The number of unbranched alkanes of at least 4 members (excludes halogenated alkanes) is 26. The maximum atomic E-state index is 12.3. The van der Waals surface area contributed by atoms with Gasteiger partial charge in [-0.2, -0.15) is 0 Å². The van der Waals surface area contributed by atoms with Gasteiger partial charge in [-0.25, -0.2) is 0 Å². The molecular formula is C49H89NO3. The van der Waals surface area contributed by atoms with Gasteiger partial charge in [-0.05, 0) is 57.8 Å². The van der Waals surface area contributed by atoms with Crippen molar-refractivity contribution in [3.05, 3.63) is 60.8 Å². The van der Waals surface area contributed by atoms with E-state index in [1.807, 2.05) is 6.08 Å². The van der Waals surface area contributed by atoms with Gasteiger partial charge >= 0.3 is 0 Å². The molecule has 0 aromatic heterocycles. The predicted octanol–water partition coefficient (Wildman–Crippen LogP) is 14.5. The van der Waals surface area contributed by atoms with Crippen LogP contribution in [-0.4, -0.2) is 34.9 Å². The highest BCUT2D eigenvalue weighted by Crippen LogP contribution is 2.16. The van der Waals surface area contributed by atoms with Crippen molar-refractivity contribution in [1.29, 1.82) is 0 Å². The summed E-state index contributed by atoms with van der Waals surface area (Å²) in [5.41, 5.74) is 0. The van der Waals surface area contributed by atoms with Crippen LogP contribution in [0.5, 0.6) is 0 Å². The largest absolute Gasteiger partial charge is 0.394 e. The van der Waals surface area contributed by atoms with Crippen molar-refractivity contribution in [3.8, 4) is 0 Å². The van der Waals surface area contributed by atoms with Gasteiger partial charge in [0.25, 0.3) is 0 Å². The third-order valence-electron chi connectivity index (χ3n) is 10.3. The predicted molar refractivity (Wildman–Crippen MR) is 234 cm³/mol. The molecule has 0 radical (unpaired) electrons. The number of rotatable bonds is 41. The molecule has 3 N–H and O–H groups in total. The highest BCUT2D eigenvalue weighted by Gasteiger charge is 2.17. The molecule has 1 amide bonds. The van der Waals surface area contributed by atoms with Gasteiger partial charge in [0.15, 0.2) is 0 Å². The van der Waals surface area contributed by atoms with Crippen LogP contribution in [0.15, 0.2) is 60.8 Å². The minimum Gasteiger partial charge on any atom is -0.394 e. The van der Waals surface area contributed by atoms with Crippen LogP contribution in [0.2, 0.25) is 0 Å². The molecule has 0 spiro atoms. The third kappa shape index (κ3) is 41.1. The van der Waals surface area contributed by atoms with E-state index >= 15 is 0 Å². The zero-order valence-corrected chi connectivity index (χ0v) is 35.3. The van der Waals surface area contributed by atoms with Crippen LogP contribution >= 0.6 is 0 Å². The molecule has 0 saturated carbocycles. The van der Waals surface area contributed by atoms with Crippen LogP contribution in [-0.2, 0) is 4.79 Å². The summed E-state index contributed by atoms with van der Waals surface area (Å²) >= 11 is 0. The van der Waals surface area contributed by atoms with Crippen LogP contribution in [0, 0.1) is 0 Å². The zero-order chi connectivity index (χ0) is 38.6. The molecule has 2 unspecified atom stereocenters. The number of carbonyl (C=O) groups excluding carboxylic acids is 1. The fourth-order valence-electron chi connectivity index (χ4n) is 6.76. The topological polar surface area (TPSA) is 69.6 Å². The van der Waals surface area contributed by atoms with Crippen molar-refractivity contribution in [2.45, 2.75) is 238 Å². The molecule has 0 aliphatic carbocycles. The molecule has 0 aliphatic rings. The lowest BCUT2D eigenvalue weighted by molar-refractivity contribution is -0.123. The van der Waals surface area contributed by atoms with E-state index in [-0.39, 0.29) is 12.5 Å². The van der Waals surface area contributed by atoms with Crippen LogP contribution in [0.4, 0.5) is 0 Å². The fraction of sp³-hybridized carbons (Fsp3) is 0.776. The minimum atomic E-state index is -0.834. The molecule has 0 heterocycles. The van der Waals surface area contributed by atoms with Crippen molar-refractivity contribution in [2.75, 3.05) is 6.61 Å². The van der Waals surface area contributed by atoms with Gasteiger partial charge in [-0.1, -0.05) is 222 Å². The second-order valence-electron chi connectivity index (χ2n) is 15.4. The number of aliphatic hydroxyl groups excluding tert-OH is 2. The fourth-order valence-corrected chi connectivity index (χ4v) is 6.76. The first-order chi connectivity index (χ1) is 26.2. The summed E-state index contributed by atoms with van der Waals surface area (Å²) in [6, 6.07) is -0.617. The zero-order valence-electron chi connectivity index (χ0n) is 35.3. The molecule has 0 bridgehead atoms. The molecule has 2 atom stereocenters. The van der Waals surface area contributed by atoms with E-state index in [9.17, 15) is 15.0 Å². The summed E-state index contributed by atoms with van der Waals surface area (Å²) in [6.07, 6.45) is 62.4. The van der Waals surface area contributed by atoms with Crippen LogP contribution in [0.25, 0.3) is 0 Å². The monoisotopic (exact) mass is 740 g/mol. The quantitative estimate of drug-likeness (QED) is 0.0432. The number of carbonyl (C=O) groups is 1. The molecule has 0 rings (SSSR count). The molecule has 4 heteroatoms. The van der Waals surface area contributed by atoms with Gasteiger partial charge in [-0.3, -0.25) is 4.79 Å². The SMILES string of the molecule is CC/C=C\C/C=C\C/C=C\C/C=C\CCCCCCCCCCCCCCCCCCCCCCCCC(=O)NC(CO)C(O)/C=C/CCCCCC. The number of aliphatic hydroxyl groups is 2. The summed E-state index contributed by atoms with van der Waals surface area (Å²) < 4.78 is 0. The number of amides is 1. The van der Waals surface area contributed by atoms with Gasteiger partial charge < -0.3 is 15.5 Å². The maximum absolute atomic E-state index is 12.3. The van der Waals surface area contributed by atoms with Crippen molar-refractivity contribution in [3.63, 3.8) is 0 Å². The molecule has 0 aliphatic heterocycles. The van der Waals surface area contributed by atoms with Crippen molar-refractivity contribution < 1.29 is 15.0 Å². The van der Waals surface area contributed by atoms with Gasteiger partial charge in [0.2, 0.25) is 5.91 Å². The normalized spacial score (nSPS) is 13.5. The third-order valence-corrected chi connectivity index (χ3v) is 10.3. The molecule has 0 aromatic carbocycles. The molecule has 4 nitrogen and oxygen atoms in total. The van der Waals surface area contributed by atoms with Crippen LogP contribution < -0.4 is 5.32 Å². The Morgan fingerprint density at radius 2 is 0.830 bits per heavy atom. The first kappa shape index (κ1) is 51.1. The Kier molecular flexibility index (Phi) is 42.9. The summed E-state index contributed by atoms with van der Waals surface area (Å²) in [7, 11) is 0.